The minimum Gasteiger partial charge on any atom is -0.436 e. The number of carbonyl (C=O) groups is 1. The first-order valence-electron chi connectivity index (χ1n) is 12.7. The van der Waals surface area contributed by atoms with Gasteiger partial charge >= 0.3 is 6.36 Å². The molecule has 1 atom stereocenters. The van der Waals surface area contributed by atoms with Crippen LogP contribution in [-0.4, -0.2) is 68.4 Å². The molecule has 0 bridgehead atoms. The maximum atomic E-state index is 13.4. The third kappa shape index (κ3) is 5.75. The van der Waals surface area contributed by atoms with Gasteiger partial charge in [-0.3, -0.25) is 14.7 Å². The molecular weight excluding hydrogens is 541 g/mol. The Hall–Kier alpha value is -4.78. The number of hydrogen-bond acceptors (Lipinski definition) is 9. The Labute approximate surface area is 231 Å². The Morgan fingerprint density at radius 2 is 1.76 bits per heavy atom. The van der Waals surface area contributed by atoms with Gasteiger partial charge in [0.1, 0.15) is 23.0 Å². The van der Waals surface area contributed by atoms with Gasteiger partial charge in [-0.15, -0.1) is 23.4 Å². The lowest BCUT2D eigenvalue weighted by Crippen LogP contribution is -2.50. The van der Waals surface area contributed by atoms with Crippen LogP contribution in [0.15, 0.2) is 75.7 Å². The standard InChI is InChI=1S/C28H23F3N6O4/c1-17-34-35-26(39-17)24(18-5-3-2-4-6-18)36-11-13-37(14-12-36)27(38)22-15-19(9-10-32-22)25-33-21-16-20(41-28(29,30)31)7-8-23(21)40-25/h2-10,15-16,24H,11-14H2,1H3. The highest BCUT2D eigenvalue weighted by Gasteiger charge is 2.33. The molecule has 1 amide bonds. The highest BCUT2D eigenvalue weighted by Crippen LogP contribution is 2.31. The van der Waals surface area contributed by atoms with Gasteiger partial charge in [0, 0.05) is 50.9 Å². The Kier molecular flexibility index (Phi) is 6.87. The van der Waals surface area contributed by atoms with E-state index in [0.29, 0.717) is 43.5 Å². The number of hydrogen-bond donors (Lipinski definition) is 0. The van der Waals surface area contributed by atoms with Crippen LogP contribution < -0.4 is 4.74 Å². The van der Waals surface area contributed by atoms with E-state index in [4.69, 9.17) is 8.83 Å². The molecule has 1 unspecified atom stereocenters. The molecule has 2 aromatic carbocycles. The Morgan fingerprint density at radius 1 is 0.976 bits per heavy atom. The summed E-state index contributed by atoms with van der Waals surface area (Å²) in [5.41, 5.74) is 2.14. The maximum absolute atomic E-state index is 13.4. The second-order valence-corrected chi connectivity index (χ2v) is 9.43. The number of pyridine rings is 1. The summed E-state index contributed by atoms with van der Waals surface area (Å²) in [7, 11) is 0. The van der Waals surface area contributed by atoms with Crippen LogP contribution in [0.4, 0.5) is 13.2 Å². The highest BCUT2D eigenvalue weighted by atomic mass is 19.4. The zero-order valence-electron chi connectivity index (χ0n) is 21.7. The van der Waals surface area contributed by atoms with Gasteiger partial charge in [-0.1, -0.05) is 30.3 Å². The normalized spacial score (nSPS) is 15.3. The second-order valence-electron chi connectivity index (χ2n) is 9.43. The van der Waals surface area contributed by atoms with Crippen molar-refractivity contribution in [1.29, 1.82) is 0 Å². The van der Waals surface area contributed by atoms with Crippen molar-refractivity contribution >= 4 is 17.0 Å². The van der Waals surface area contributed by atoms with Crippen LogP contribution in [0.5, 0.6) is 5.75 Å². The number of fused-ring (bicyclic) bond motifs is 1. The van der Waals surface area contributed by atoms with Gasteiger partial charge in [0.15, 0.2) is 5.58 Å². The predicted molar refractivity (Wildman–Crippen MR) is 139 cm³/mol. The topological polar surface area (TPSA) is 111 Å². The second kappa shape index (κ2) is 10.7. The molecule has 5 aromatic rings. The Morgan fingerprint density at radius 3 is 2.46 bits per heavy atom. The highest BCUT2D eigenvalue weighted by molar-refractivity contribution is 5.93. The van der Waals surface area contributed by atoms with Crippen LogP contribution in [0.1, 0.15) is 33.9 Å². The monoisotopic (exact) mass is 564 g/mol. The summed E-state index contributed by atoms with van der Waals surface area (Å²) in [6.45, 7) is 3.79. The van der Waals surface area contributed by atoms with E-state index in [2.05, 4.69) is 29.8 Å². The molecule has 0 saturated carbocycles. The molecule has 0 radical (unpaired) electrons. The number of amides is 1. The molecule has 210 valence electrons. The Balaban J connectivity index is 1.17. The molecule has 41 heavy (non-hydrogen) atoms. The minimum atomic E-state index is -4.82. The summed E-state index contributed by atoms with van der Waals surface area (Å²) in [5, 5.41) is 8.25. The van der Waals surface area contributed by atoms with Gasteiger partial charge in [-0.05, 0) is 29.8 Å². The summed E-state index contributed by atoms with van der Waals surface area (Å²) in [5.74, 6) is 0.464. The van der Waals surface area contributed by atoms with E-state index in [1.807, 2.05) is 30.3 Å². The lowest BCUT2D eigenvalue weighted by molar-refractivity contribution is -0.274. The van der Waals surface area contributed by atoms with Gasteiger partial charge in [0.25, 0.3) is 5.91 Å². The number of oxazole rings is 1. The van der Waals surface area contributed by atoms with E-state index >= 15 is 0 Å². The zero-order valence-corrected chi connectivity index (χ0v) is 21.7. The molecule has 3 aromatic heterocycles. The van der Waals surface area contributed by atoms with Gasteiger partial charge < -0.3 is 18.5 Å². The van der Waals surface area contributed by atoms with E-state index in [0.717, 1.165) is 17.7 Å². The average molecular weight is 565 g/mol. The van der Waals surface area contributed by atoms with Crippen molar-refractivity contribution in [2.45, 2.75) is 19.3 Å². The molecule has 0 N–H and O–H groups in total. The van der Waals surface area contributed by atoms with Crippen LogP contribution in [0.2, 0.25) is 0 Å². The number of nitrogens with zero attached hydrogens (tertiary/aromatic N) is 6. The van der Waals surface area contributed by atoms with E-state index < -0.39 is 12.1 Å². The summed E-state index contributed by atoms with van der Waals surface area (Å²) >= 11 is 0. The molecule has 0 aliphatic carbocycles. The van der Waals surface area contributed by atoms with Crippen molar-refractivity contribution in [2.24, 2.45) is 0 Å². The van der Waals surface area contributed by atoms with Crippen molar-refractivity contribution in [3.63, 3.8) is 0 Å². The maximum Gasteiger partial charge on any atom is 0.573 e. The van der Waals surface area contributed by atoms with E-state index in [1.54, 1.807) is 24.0 Å². The van der Waals surface area contributed by atoms with Crippen LogP contribution in [0, 0.1) is 6.92 Å². The number of aryl methyl sites for hydroxylation is 1. The molecule has 1 saturated heterocycles. The van der Waals surface area contributed by atoms with Crippen LogP contribution in [0.3, 0.4) is 0 Å². The number of alkyl halides is 3. The lowest BCUT2D eigenvalue weighted by atomic mass is 10.0. The van der Waals surface area contributed by atoms with E-state index in [-0.39, 0.29) is 34.6 Å². The fourth-order valence-corrected chi connectivity index (χ4v) is 4.82. The lowest BCUT2D eigenvalue weighted by Gasteiger charge is -2.38. The van der Waals surface area contributed by atoms with Gasteiger partial charge in [0.2, 0.25) is 17.7 Å². The molecule has 10 nitrogen and oxygen atoms in total. The molecule has 1 fully saturated rings. The smallest absolute Gasteiger partial charge is 0.436 e. The fraction of sp³-hybridized carbons (Fsp3) is 0.250. The molecule has 1 aliphatic heterocycles. The van der Waals surface area contributed by atoms with Crippen molar-refractivity contribution in [3.8, 4) is 17.2 Å². The average Bonchev–Trinajstić information content (AvgIpc) is 3.59. The number of benzene rings is 2. The molecule has 4 heterocycles. The number of ether oxygens (including phenoxy) is 1. The molecule has 0 spiro atoms. The van der Waals surface area contributed by atoms with E-state index in [1.165, 1.54) is 12.3 Å². The third-order valence-electron chi connectivity index (χ3n) is 6.68. The van der Waals surface area contributed by atoms with Crippen LogP contribution in [-0.2, 0) is 0 Å². The number of piperazine rings is 1. The van der Waals surface area contributed by atoms with Crippen LogP contribution in [0.25, 0.3) is 22.6 Å². The first kappa shape index (κ1) is 26.4. The van der Waals surface area contributed by atoms with E-state index in [9.17, 15) is 18.0 Å². The van der Waals surface area contributed by atoms with Crippen molar-refractivity contribution < 1.29 is 31.5 Å². The number of carbonyl (C=O) groups excluding carboxylic acids is 1. The van der Waals surface area contributed by atoms with Crippen molar-refractivity contribution in [3.05, 3.63) is 89.9 Å². The molecule has 1 aliphatic rings. The fourth-order valence-electron chi connectivity index (χ4n) is 4.82. The number of rotatable bonds is 6. The summed E-state index contributed by atoms with van der Waals surface area (Å²) in [6.07, 6.45) is -3.35. The van der Waals surface area contributed by atoms with Crippen molar-refractivity contribution in [2.75, 3.05) is 26.2 Å². The number of halogens is 3. The summed E-state index contributed by atoms with van der Waals surface area (Å²) in [6, 6.07) is 16.4. The third-order valence-corrected chi connectivity index (χ3v) is 6.68. The van der Waals surface area contributed by atoms with Gasteiger partial charge in [-0.2, -0.15) is 0 Å². The summed E-state index contributed by atoms with van der Waals surface area (Å²) in [4.78, 5) is 25.8. The molecule has 13 heteroatoms. The first-order chi connectivity index (χ1) is 19.7. The zero-order chi connectivity index (χ0) is 28.6. The van der Waals surface area contributed by atoms with Gasteiger partial charge in [0.05, 0.1) is 0 Å². The quantitative estimate of drug-likeness (QED) is 0.281. The first-order valence-corrected chi connectivity index (χ1v) is 12.7. The summed E-state index contributed by atoms with van der Waals surface area (Å²) < 4.78 is 53.2. The molecule has 6 rings (SSSR count). The Bertz CT molecular complexity index is 1680. The largest absolute Gasteiger partial charge is 0.573 e. The predicted octanol–water partition coefficient (Wildman–Crippen LogP) is 5.03. The van der Waals surface area contributed by atoms with Gasteiger partial charge in [-0.25, -0.2) is 4.98 Å². The molecular formula is C28H23F3N6O4. The van der Waals surface area contributed by atoms with Crippen LogP contribution >= 0.6 is 0 Å². The minimum absolute atomic E-state index is 0.144. The number of aromatic nitrogens is 4. The van der Waals surface area contributed by atoms with Crippen molar-refractivity contribution in [1.82, 2.24) is 30.0 Å². The SMILES string of the molecule is Cc1nnc(C(c2ccccc2)N2CCN(C(=O)c3cc(-c4nc5cc(OC(F)(F)F)ccc5o4)ccn3)CC2)o1.